The zero-order valence-electron chi connectivity index (χ0n) is 15.2. The van der Waals surface area contributed by atoms with Crippen LogP contribution in [0.5, 0.6) is 0 Å². The Bertz CT molecular complexity index is 992. The lowest BCUT2D eigenvalue weighted by molar-refractivity contribution is -0.116. The highest BCUT2D eigenvalue weighted by Gasteiger charge is 2.24. The molecule has 0 fully saturated rings. The molecule has 0 atom stereocenters. The molecule has 4 rings (SSSR count). The fourth-order valence-electron chi connectivity index (χ4n) is 3.11. The first-order valence-corrected chi connectivity index (χ1v) is 9.06. The van der Waals surface area contributed by atoms with Crippen molar-refractivity contribution in [1.29, 1.82) is 0 Å². The standard InChI is InChI=1S/C23H19N3O2/c27-22(21(18-12-6-2-7-13-18)19-14-8-3-9-15-19)24-23-26-25-20(28-23)16-17-10-4-1-5-11-17/h1-15,21H,16H2,(H,24,26,27). The largest absolute Gasteiger partial charge is 0.407 e. The molecule has 4 aromatic rings. The Balaban J connectivity index is 1.54. The summed E-state index contributed by atoms with van der Waals surface area (Å²) in [5.74, 6) is -0.225. The molecular formula is C23H19N3O2. The Morgan fingerprint density at radius 2 is 1.32 bits per heavy atom. The van der Waals surface area contributed by atoms with Crippen molar-refractivity contribution >= 4 is 11.9 Å². The molecule has 28 heavy (non-hydrogen) atoms. The predicted octanol–water partition coefficient (Wildman–Crippen LogP) is 4.43. The fourth-order valence-corrected chi connectivity index (χ4v) is 3.11. The first-order valence-electron chi connectivity index (χ1n) is 9.06. The van der Waals surface area contributed by atoms with Gasteiger partial charge in [-0.1, -0.05) is 96.1 Å². The predicted molar refractivity (Wildman–Crippen MR) is 107 cm³/mol. The number of benzene rings is 3. The van der Waals surface area contributed by atoms with Gasteiger partial charge in [-0.05, 0) is 16.7 Å². The Labute approximate surface area is 163 Å². The maximum Gasteiger partial charge on any atom is 0.322 e. The Morgan fingerprint density at radius 1 is 0.786 bits per heavy atom. The molecule has 1 heterocycles. The van der Waals surface area contributed by atoms with Crippen LogP contribution in [-0.4, -0.2) is 16.1 Å². The zero-order chi connectivity index (χ0) is 19.2. The maximum absolute atomic E-state index is 13.0. The molecule has 0 unspecified atom stereocenters. The molecule has 0 aliphatic rings. The first-order chi connectivity index (χ1) is 13.8. The summed E-state index contributed by atoms with van der Waals surface area (Å²) >= 11 is 0. The van der Waals surface area contributed by atoms with E-state index in [2.05, 4.69) is 15.5 Å². The second-order valence-electron chi connectivity index (χ2n) is 6.41. The monoisotopic (exact) mass is 369 g/mol. The second-order valence-corrected chi connectivity index (χ2v) is 6.41. The molecular weight excluding hydrogens is 350 g/mol. The number of nitrogens with zero attached hydrogens (tertiary/aromatic N) is 2. The number of carbonyl (C=O) groups excluding carboxylic acids is 1. The average Bonchev–Trinajstić information content (AvgIpc) is 3.17. The summed E-state index contributed by atoms with van der Waals surface area (Å²) in [5.41, 5.74) is 2.86. The van der Waals surface area contributed by atoms with E-state index in [-0.39, 0.29) is 11.9 Å². The highest BCUT2D eigenvalue weighted by atomic mass is 16.4. The summed E-state index contributed by atoms with van der Waals surface area (Å²) in [4.78, 5) is 13.0. The van der Waals surface area contributed by atoms with Crippen molar-refractivity contribution < 1.29 is 9.21 Å². The van der Waals surface area contributed by atoms with Crippen molar-refractivity contribution in [3.05, 3.63) is 114 Å². The third-order valence-corrected chi connectivity index (χ3v) is 4.42. The van der Waals surface area contributed by atoms with Gasteiger partial charge in [0.05, 0.1) is 12.3 Å². The van der Waals surface area contributed by atoms with Crippen molar-refractivity contribution in [3.8, 4) is 0 Å². The van der Waals surface area contributed by atoms with E-state index in [0.29, 0.717) is 12.3 Å². The van der Waals surface area contributed by atoms with Crippen LogP contribution in [0.2, 0.25) is 0 Å². The van der Waals surface area contributed by atoms with Gasteiger partial charge in [-0.3, -0.25) is 10.1 Å². The lowest BCUT2D eigenvalue weighted by Crippen LogP contribution is -2.22. The quantitative estimate of drug-likeness (QED) is 0.546. The molecule has 138 valence electrons. The molecule has 0 saturated carbocycles. The summed E-state index contributed by atoms with van der Waals surface area (Å²) < 4.78 is 5.63. The van der Waals surface area contributed by atoms with Gasteiger partial charge in [0, 0.05) is 0 Å². The molecule has 0 aliphatic heterocycles. The van der Waals surface area contributed by atoms with Crippen LogP contribution in [0.1, 0.15) is 28.5 Å². The topological polar surface area (TPSA) is 68.0 Å². The molecule has 3 aromatic carbocycles. The number of hydrogen-bond acceptors (Lipinski definition) is 4. The summed E-state index contributed by atoms with van der Waals surface area (Å²) in [6, 6.07) is 29.2. The van der Waals surface area contributed by atoms with Gasteiger partial charge in [-0.15, -0.1) is 5.10 Å². The Hall–Kier alpha value is -3.73. The number of amides is 1. The van der Waals surface area contributed by atoms with Gasteiger partial charge in [0.1, 0.15) is 0 Å². The normalized spacial score (nSPS) is 10.8. The van der Waals surface area contributed by atoms with Gasteiger partial charge in [0.25, 0.3) is 0 Å². The first kappa shape index (κ1) is 17.7. The molecule has 1 aromatic heterocycles. The number of aromatic nitrogens is 2. The van der Waals surface area contributed by atoms with Crippen molar-refractivity contribution in [2.75, 3.05) is 5.32 Å². The third-order valence-electron chi connectivity index (χ3n) is 4.42. The molecule has 0 aliphatic carbocycles. The third kappa shape index (κ3) is 4.15. The van der Waals surface area contributed by atoms with Crippen LogP contribution in [0.15, 0.2) is 95.4 Å². The molecule has 1 amide bonds. The minimum absolute atomic E-state index is 0.104. The van der Waals surface area contributed by atoms with Crippen LogP contribution in [0.25, 0.3) is 0 Å². The fraction of sp³-hybridized carbons (Fsp3) is 0.0870. The number of anilines is 1. The molecule has 0 radical (unpaired) electrons. The van der Waals surface area contributed by atoms with Gasteiger partial charge in [0.2, 0.25) is 11.8 Å². The van der Waals surface area contributed by atoms with Crippen molar-refractivity contribution in [2.24, 2.45) is 0 Å². The van der Waals surface area contributed by atoms with Gasteiger partial charge in [0.15, 0.2) is 0 Å². The van der Waals surface area contributed by atoms with Crippen LogP contribution >= 0.6 is 0 Å². The number of hydrogen-bond donors (Lipinski definition) is 1. The molecule has 1 N–H and O–H groups in total. The SMILES string of the molecule is O=C(Nc1nnc(Cc2ccccc2)o1)C(c1ccccc1)c1ccccc1. The van der Waals surface area contributed by atoms with Gasteiger partial charge >= 0.3 is 6.01 Å². The summed E-state index contributed by atoms with van der Waals surface area (Å²) in [5, 5.41) is 10.8. The van der Waals surface area contributed by atoms with E-state index < -0.39 is 5.92 Å². The van der Waals surface area contributed by atoms with Crippen molar-refractivity contribution in [1.82, 2.24) is 10.2 Å². The minimum atomic E-state index is -0.466. The van der Waals surface area contributed by atoms with Gasteiger partial charge in [-0.2, -0.15) is 0 Å². The van der Waals surface area contributed by atoms with Crippen LogP contribution in [0.4, 0.5) is 6.01 Å². The second kappa shape index (κ2) is 8.31. The van der Waals surface area contributed by atoms with E-state index in [9.17, 15) is 4.79 Å². The highest BCUT2D eigenvalue weighted by Crippen LogP contribution is 2.26. The van der Waals surface area contributed by atoms with E-state index in [0.717, 1.165) is 16.7 Å². The lowest BCUT2D eigenvalue weighted by Gasteiger charge is -2.16. The van der Waals surface area contributed by atoms with E-state index in [4.69, 9.17) is 4.42 Å². The minimum Gasteiger partial charge on any atom is -0.407 e. The average molecular weight is 369 g/mol. The maximum atomic E-state index is 13.0. The molecule has 5 heteroatoms. The summed E-state index contributed by atoms with van der Waals surface area (Å²) in [7, 11) is 0. The summed E-state index contributed by atoms with van der Waals surface area (Å²) in [6.45, 7) is 0. The smallest absolute Gasteiger partial charge is 0.322 e. The Morgan fingerprint density at radius 3 is 1.89 bits per heavy atom. The molecule has 5 nitrogen and oxygen atoms in total. The van der Waals surface area contributed by atoms with Crippen LogP contribution in [0.3, 0.4) is 0 Å². The van der Waals surface area contributed by atoms with Crippen LogP contribution in [-0.2, 0) is 11.2 Å². The van der Waals surface area contributed by atoms with Crippen molar-refractivity contribution in [3.63, 3.8) is 0 Å². The van der Waals surface area contributed by atoms with E-state index in [1.54, 1.807) is 0 Å². The van der Waals surface area contributed by atoms with E-state index >= 15 is 0 Å². The molecule has 0 spiro atoms. The van der Waals surface area contributed by atoms with Crippen LogP contribution in [0, 0.1) is 0 Å². The van der Waals surface area contributed by atoms with E-state index in [1.165, 1.54) is 0 Å². The number of carbonyl (C=O) groups is 1. The Kier molecular flexibility index (Phi) is 5.24. The van der Waals surface area contributed by atoms with E-state index in [1.807, 2.05) is 91.0 Å². The van der Waals surface area contributed by atoms with Crippen LogP contribution < -0.4 is 5.32 Å². The molecule has 0 saturated heterocycles. The van der Waals surface area contributed by atoms with Gasteiger partial charge in [-0.25, -0.2) is 0 Å². The van der Waals surface area contributed by atoms with Crippen molar-refractivity contribution in [2.45, 2.75) is 12.3 Å². The number of nitrogens with one attached hydrogen (secondary N) is 1. The number of rotatable bonds is 6. The van der Waals surface area contributed by atoms with Gasteiger partial charge < -0.3 is 4.42 Å². The highest BCUT2D eigenvalue weighted by molar-refractivity contribution is 5.96. The summed E-state index contributed by atoms with van der Waals surface area (Å²) in [6.07, 6.45) is 0.518. The molecule has 0 bridgehead atoms. The lowest BCUT2D eigenvalue weighted by atomic mass is 9.90. The zero-order valence-corrected chi connectivity index (χ0v) is 15.2.